The van der Waals surface area contributed by atoms with Gasteiger partial charge in [-0.3, -0.25) is 9.69 Å². The molecule has 134 valence electrons. The lowest BCUT2D eigenvalue weighted by molar-refractivity contribution is 0.0594. The van der Waals surface area contributed by atoms with Gasteiger partial charge in [0.15, 0.2) is 10.4 Å². The van der Waals surface area contributed by atoms with Crippen molar-refractivity contribution in [1.29, 1.82) is 0 Å². The highest BCUT2D eigenvalue weighted by molar-refractivity contribution is 9.10. The summed E-state index contributed by atoms with van der Waals surface area (Å²) in [5.41, 5.74) is 1.91. The Kier molecular flexibility index (Phi) is 5.71. The molecule has 0 bridgehead atoms. The monoisotopic (exact) mass is 426 g/mol. The Bertz CT molecular complexity index is 770. The minimum atomic E-state index is -0.0526. The number of nitrogens with zero attached hydrogens (tertiary/aromatic N) is 2. The second-order valence-electron chi connectivity index (χ2n) is 6.09. The van der Waals surface area contributed by atoms with Crippen LogP contribution in [-0.2, 0) is 6.54 Å². The summed E-state index contributed by atoms with van der Waals surface area (Å²) in [6.07, 6.45) is 0. The van der Waals surface area contributed by atoms with E-state index in [1.807, 2.05) is 36.1 Å². The maximum atomic E-state index is 12.6. The van der Waals surface area contributed by atoms with Crippen molar-refractivity contribution in [2.24, 2.45) is 0 Å². The van der Waals surface area contributed by atoms with Crippen LogP contribution in [0, 0.1) is 6.92 Å². The molecule has 25 heavy (non-hydrogen) atoms. The van der Waals surface area contributed by atoms with E-state index >= 15 is 0 Å². The first kappa shape index (κ1) is 18.3. The summed E-state index contributed by atoms with van der Waals surface area (Å²) >= 11 is 9.37. The molecule has 0 N–H and O–H groups in total. The number of carbonyl (C=O) groups is 1. The van der Waals surface area contributed by atoms with E-state index in [1.54, 1.807) is 7.11 Å². The molecule has 0 radical (unpaired) electrons. The second-order valence-corrected chi connectivity index (χ2v) is 7.31. The lowest BCUT2D eigenvalue weighted by Crippen LogP contribution is -2.48. The Morgan fingerprint density at radius 3 is 2.60 bits per heavy atom. The van der Waals surface area contributed by atoms with Crippen LogP contribution in [0.3, 0.4) is 0 Å². The molecule has 2 heterocycles. The zero-order valence-electron chi connectivity index (χ0n) is 14.2. The van der Waals surface area contributed by atoms with Gasteiger partial charge in [0.2, 0.25) is 0 Å². The minimum Gasteiger partial charge on any atom is -0.496 e. The first-order chi connectivity index (χ1) is 12.0. The zero-order chi connectivity index (χ0) is 18.0. The highest BCUT2D eigenvalue weighted by Crippen LogP contribution is 2.25. The molecule has 5 nitrogen and oxygen atoms in total. The van der Waals surface area contributed by atoms with Crippen LogP contribution in [-0.4, -0.2) is 49.0 Å². The Morgan fingerprint density at radius 1 is 1.28 bits per heavy atom. The zero-order valence-corrected chi connectivity index (χ0v) is 16.6. The lowest BCUT2D eigenvalue weighted by Gasteiger charge is -2.34. The first-order valence-electron chi connectivity index (χ1n) is 8.08. The molecule has 0 atom stereocenters. The number of hydrogen-bond acceptors (Lipinski definition) is 4. The lowest BCUT2D eigenvalue weighted by atomic mass is 10.1. The third-order valence-electron chi connectivity index (χ3n) is 4.38. The van der Waals surface area contributed by atoms with Crippen molar-refractivity contribution in [3.05, 3.63) is 50.8 Å². The smallest absolute Gasteiger partial charge is 0.289 e. The molecule has 0 unspecified atom stereocenters. The van der Waals surface area contributed by atoms with E-state index in [-0.39, 0.29) is 5.91 Å². The molecule has 1 fully saturated rings. The predicted molar refractivity (Wildman–Crippen MR) is 100 cm³/mol. The van der Waals surface area contributed by atoms with E-state index in [4.69, 9.17) is 20.8 Å². The van der Waals surface area contributed by atoms with Crippen LogP contribution in [0.1, 0.15) is 21.7 Å². The van der Waals surface area contributed by atoms with E-state index in [0.29, 0.717) is 28.5 Å². The highest BCUT2D eigenvalue weighted by atomic mass is 79.9. The third kappa shape index (κ3) is 4.19. The summed E-state index contributed by atoms with van der Waals surface area (Å²) in [4.78, 5) is 16.7. The van der Waals surface area contributed by atoms with Crippen molar-refractivity contribution >= 4 is 33.4 Å². The quantitative estimate of drug-likeness (QED) is 0.741. The van der Waals surface area contributed by atoms with Crippen LogP contribution < -0.4 is 4.74 Å². The molecule has 0 spiro atoms. The number of halogens is 2. The SMILES string of the molecule is COc1ccc(Cl)cc1CN1CCN(C(=O)c2oc(Br)cc2C)CC1. The average molecular weight is 428 g/mol. The van der Waals surface area contributed by atoms with Gasteiger partial charge in [0, 0.05) is 48.9 Å². The van der Waals surface area contributed by atoms with Gasteiger partial charge in [-0.1, -0.05) is 11.6 Å². The van der Waals surface area contributed by atoms with Gasteiger partial charge in [-0.25, -0.2) is 0 Å². The number of furan rings is 1. The van der Waals surface area contributed by atoms with E-state index in [2.05, 4.69) is 20.8 Å². The molecule has 1 saturated heterocycles. The summed E-state index contributed by atoms with van der Waals surface area (Å²) < 4.78 is 11.5. The topological polar surface area (TPSA) is 45.9 Å². The molecule has 1 aliphatic heterocycles. The number of hydrogen-bond donors (Lipinski definition) is 0. The number of methoxy groups -OCH3 is 1. The third-order valence-corrected chi connectivity index (χ3v) is 5.00. The van der Waals surface area contributed by atoms with E-state index < -0.39 is 0 Å². The summed E-state index contributed by atoms with van der Waals surface area (Å²) in [5, 5.41) is 0.698. The standard InChI is InChI=1S/C18H20BrClN2O3/c1-12-9-16(19)25-17(12)18(23)22-7-5-21(6-8-22)11-13-10-14(20)3-4-15(13)24-2/h3-4,9-10H,5-8,11H2,1-2H3. The van der Waals surface area contributed by atoms with Gasteiger partial charge in [0.1, 0.15) is 5.75 Å². The molecular formula is C18H20BrClN2O3. The van der Waals surface area contributed by atoms with Crippen molar-refractivity contribution in [3.63, 3.8) is 0 Å². The van der Waals surface area contributed by atoms with Gasteiger partial charge in [-0.2, -0.15) is 0 Å². The largest absolute Gasteiger partial charge is 0.496 e. The molecule has 3 rings (SSSR count). The maximum Gasteiger partial charge on any atom is 0.289 e. The van der Waals surface area contributed by atoms with Crippen molar-refractivity contribution in [2.75, 3.05) is 33.3 Å². The number of aryl methyl sites for hydroxylation is 1. The van der Waals surface area contributed by atoms with Gasteiger partial charge in [-0.05, 0) is 47.1 Å². The molecule has 1 amide bonds. The van der Waals surface area contributed by atoms with Gasteiger partial charge in [-0.15, -0.1) is 0 Å². The minimum absolute atomic E-state index is 0.0526. The van der Waals surface area contributed by atoms with Crippen LogP contribution >= 0.6 is 27.5 Å². The Hall–Kier alpha value is -1.50. The van der Waals surface area contributed by atoms with Gasteiger partial charge in [0.05, 0.1) is 7.11 Å². The van der Waals surface area contributed by atoms with Crippen LogP contribution in [0.4, 0.5) is 0 Å². The van der Waals surface area contributed by atoms with E-state index in [9.17, 15) is 4.79 Å². The van der Waals surface area contributed by atoms with Crippen molar-refractivity contribution in [1.82, 2.24) is 9.80 Å². The fraction of sp³-hybridized carbons (Fsp3) is 0.389. The van der Waals surface area contributed by atoms with Crippen LogP contribution in [0.2, 0.25) is 5.02 Å². The summed E-state index contributed by atoms with van der Waals surface area (Å²) in [6.45, 7) is 5.55. The normalized spacial score (nSPS) is 15.4. The van der Waals surface area contributed by atoms with Crippen molar-refractivity contribution in [3.8, 4) is 5.75 Å². The molecule has 1 aromatic carbocycles. The van der Waals surface area contributed by atoms with Crippen LogP contribution in [0.25, 0.3) is 0 Å². The summed E-state index contributed by atoms with van der Waals surface area (Å²) in [5.74, 6) is 1.19. The molecule has 0 saturated carbocycles. The van der Waals surface area contributed by atoms with Gasteiger partial charge < -0.3 is 14.1 Å². The average Bonchev–Trinajstić information content (AvgIpc) is 2.93. The fourth-order valence-corrected chi connectivity index (χ4v) is 3.72. The number of rotatable bonds is 4. The number of piperazine rings is 1. The van der Waals surface area contributed by atoms with Crippen molar-refractivity contribution in [2.45, 2.75) is 13.5 Å². The first-order valence-corrected chi connectivity index (χ1v) is 9.25. The fourth-order valence-electron chi connectivity index (χ4n) is 3.02. The second kappa shape index (κ2) is 7.81. The predicted octanol–water partition coefficient (Wildman–Crippen LogP) is 3.97. The number of amides is 1. The molecular weight excluding hydrogens is 408 g/mol. The van der Waals surface area contributed by atoms with Crippen molar-refractivity contribution < 1.29 is 13.9 Å². The molecule has 0 aliphatic carbocycles. The summed E-state index contributed by atoms with van der Waals surface area (Å²) in [6, 6.07) is 7.45. The van der Waals surface area contributed by atoms with Gasteiger partial charge >= 0.3 is 0 Å². The van der Waals surface area contributed by atoms with E-state index in [1.165, 1.54) is 0 Å². The Labute approximate surface area is 160 Å². The summed E-state index contributed by atoms with van der Waals surface area (Å²) in [7, 11) is 1.66. The molecule has 7 heteroatoms. The maximum absolute atomic E-state index is 12.6. The molecule has 1 aromatic heterocycles. The Morgan fingerprint density at radius 2 is 2.00 bits per heavy atom. The molecule has 2 aromatic rings. The highest BCUT2D eigenvalue weighted by Gasteiger charge is 2.26. The Balaban J connectivity index is 1.61. The number of ether oxygens (including phenoxy) is 1. The number of benzene rings is 1. The van der Waals surface area contributed by atoms with E-state index in [0.717, 1.165) is 36.5 Å². The molecule has 1 aliphatic rings. The van der Waals surface area contributed by atoms with Gasteiger partial charge in [0.25, 0.3) is 5.91 Å². The van der Waals surface area contributed by atoms with Crippen LogP contribution in [0.15, 0.2) is 33.4 Å². The van der Waals surface area contributed by atoms with Crippen LogP contribution in [0.5, 0.6) is 5.75 Å². The number of carbonyl (C=O) groups excluding carboxylic acids is 1.